The Morgan fingerprint density at radius 2 is 2.16 bits per heavy atom. The van der Waals surface area contributed by atoms with Crippen molar-refractivity contribution in [1.82, 2.24) is 29.5 Å². The van der Waals surface area contributed by atoms with E-state index in [4.69, 9.17) is 4.98 Å². The number of nitrogens with one attached hydrogen (secondary N) is 3. The first-order valence-corrected chi connectivity index (χ1v) is 11.4. The topological polar surface area (TPSA) is 129 Å². The molecule has 3 N–H and O–H groups in total. The molecule has 1 aliphatic heterocycles. The van der Waals surface area contributed by atoms with E-state index in [0.717, 1.165) is 43.4 Å². The van der Waals surface area contributed by atoms with E-state index >= 15 is 0 Å². The smallest absolute Gasteiger partial charge is 0.291 e. The van der Waals surface area contributed by atoms with E-state index in [1.165, 1.54) is 4.68 Å². The fourth-order valence-electron chi connectivity index (χ4n) is 3.88. The molecule has 5 heterocycles. The van der Waals surface area contributed by atoms with Gasteiger partial charge in [0, 0.05) is 30.6 Å². The summed E-state index contributed by atoms with van der Waals surface area (Å²) in [6, 6.07) is 7.51. The standard InChI is InChI=1S/C19H16N8O2S2/c1-26-16-12(17-18(26)22-14(30-17)7-11-5-6-20-23-11)8-21-27(19(16)28)9-10-3-2-4-13-15(10)25-31(29)24-13/h2-6,8,24-25H,7,9H2,1H3,(H,20,23). The maximum atomic E-state index is 13.3. The van der Waals surface area contributed by atoms with Gasteiger partial charge in [-0.3, -0.25) is 9.89 Å². The quantitative estimate of drug-likeness (QED) is 0.356. The summed E-state index contributed by atoms with van der Waals surface area (Å²) in [4.78, 5) is 18.0. The molecule has 1 atom stereocenters. The maximum Gasteiger partial charge on any atom is 0.291 e. The van der Waals surface area contributed by atoms with Crippen molar-refractivity contribution in [2.24, 2.45) is 7.05 Å². The minimum Gasteiger partial charge on any atom is -0.568 e. The third-order valence-electron chi connectivity index (χ3n) is 5.33. The maximum absolute atomic E-state index is 13.3. The van der Waals surface area contributed by atoms with Crippen LogP contribution < -0.4 is 15.0 Å². The number of aromatic nitrogens is 6. The number of fused-ring (bicyclic) bond motifs is 4. The van der Waals surface area contributed by atoms with Crippen LogP contribution in [0.3, 0.4) is 0 Å². The molecule has 4 aromatic heterocycles. The van der Waals surface area contributed by atoms with Crippen molar-refractivity contribution < 1.29 is 4.55 Å². The molecule has 0 amide bonds. The molecule has 0 bridgehead atoms. The molecule has 0 radical (unpaired) electrons. The number of nitrogens with zero attached hydrogens (tertiary/aromatic N) is 5. The summed E-state index contributed by atoms with van der Waals surface area (Å²) in [7, 11) is 1.85. The van der Waals surface area contributed by atoms with Gasteiger partial charge in [-0.15, -0.1) is 11.3 Å². The summed E-state index contributed by atoms with van der Waals surface area (Å²) < 4.78 is 21.7. The molecule has 156 valence electrons. The Bertz CT molecular complexity index is 1500. The summed E-state index contributed by atoms with van der Waals surface area (Å²) in [5.41, 5.74) is 4.37. The van der Waals surface area contributed by atoms with Gasteiger partial charge in [0.05, 0.1) is 23.1 Å². The van der Waals surface area contributed by atoms with Gasteiger partial charge >= 0.3 is 0 Å². The van der Waals surface area contributed by atoms with Crippen LogP contribution in [0.5, 0.6) is 0 Å². The van der Waals surface area contributed by atoms with Gasteiger partial charge in [-0.1, -0.05) is 12.1 Å². The van der Waals surface area contributed by atoms with Crippen LogP contribution >= 0.6 is 11.3 Å². The largest absolute Gasteiger partial charge is 0.568 e. The first kappa shape index (κ1) is 18.4. The van der Waals surface area contributed by atoms with Gasteiger partial charge < -0.3 is 9.12 Å². The second-order valence-electron chi connectivity index (χ2n) is 7.24. The van der Waals surface area contributed by atoms with Crippen LogP contribution in [0.25, 0.3) is 21.3 Å². The highest BCUT2D eigenvalue weighted by Gasteiger charge is 2.25. The molecule has 1 unspecified atom stereocenters. The van der Waals surface area contributed by atoms with Crippen LogP contribution in [0.15, 0.2) is 41.5 Å². The highest BCUT2D eigenvalue weighted by atomic mass is 32.2. The number of aromatic amines is 1. The molecule has 1 aliphatic rings. The average Bonchev–Trinajstić information content (AvgIpc) is 3.51. The van der Waals surface area contributed by atoms with E-state index in [1.807, 2.05) is 35.9 Å². The molecule has 12 heteroatoms. The number of rotatable bonds is 4. The summed E-state index contributed by atoms with van der Waals surface area (Å²) >= 11 is 0.191. The minimum atomic E-state index is -1.36. The third-order valence-corrected chi connectivity index (χ3v) is 7.20. The van der Waals surface area contributed by atoms with Gasteiger partial charge in [0.1, 0.15) is 21.9 Å². The second-order valence-corrected chi connectivity index (χ2v) is 9.27. The predicted molar refractivity (Wildman–Crippen MR) is 120 cm³/mol. The Morgan fingerprint density at radius 1 is 1.26 bits per heavy atom. The lowest BCUT2D eigenvalue weighted by Gasteiger charge is -2.08. The molecule has 5 aromatic rings. The highest BCUT2D eigenvalue weighted by molar-refractivity contribution is 7.94. The zero-order chi connectivity index (χ0) is 21.1. The van der Waals surface area contributed by atoms with Crippen molar-refractivity contribution in [3.63, 3.8) is 0 Å². The van der Waals surface area contributed by atoms with Gasteiger partial charge in [-0.05, 0) is 12.1 Å². The minimum absolute atomic E-state index is 0.191. The molecule has 1 aromatic carbocycles. The number of para-hydroxylation sites is 1. The van der Waals surface area contributed by atoms with Gasteiger partial charge in [0.2, 0.25) is 0 Å². The van der Waals surface area contributed by atoms with E-state index in [1.54, 1.807) is 23.7 Å². The fraction of sp³-hybridized carbons (Fsp3) is 0.158. The first-order chi connectivity index (χ1) is 15.1. The van der Waals surface area contributed by atoms with Crippen molar-refractivity contribution in [2.45, 2.75) is 13.0 Å². The van der Waals surface area contributed by atoms with Gasteiger partial charge in [-0.2, -0.15) is 19.6 Å². The van der Waals surface area contributed by atoms with Crippen molar-refractivity contribution in [2.75, 3.05) is 9.44 Å². The number of H-pyrrole nitrogens is 1. The normalized spacial score (nSPS) is 15.4. The van der Waals surface area contributed by atoms with Crippen LogP contribution in [0, 0.1) is 0 Å². The van der Waals surface area contributed by atoms with Crippen LogP contribution in [0.4, 0.5) is 11.4 Å². The molecule has 0 fully saturated rings. The monoisotopic (exact) mass is 452 g/mol. The number of hydrogen-bond acceptors (Lipinski definition) is 8. The van der Waals surface area contributed by atoms with Crippen LogP contribution in [0.2, 0.25) is 0 Å². The van der Waals surface area contributed by atoms with Gasteiger partial charge in [-0.25, -0.2) is 9.67 Å². The van der Waals surface area contributed by atoms with Crippen LogP contribution in [0.1, 0.15) is 16.3 Å². The molecule has 0 saturated carbocycles. The van der Waals surface area contributed by atoms with E-state index < -0.39 is 11.5 Å². The predicted octanol–water partition coefficient (Wildman–Crippen LogP) is 2.12. The lowest BCUT2D eigenvalue weighted by molar-refractivity contribution is 0.606. The Hall–Kier alpha value is -3.35. The number of thiazole rings is 1. The van der Waals surface area contributed by atoms with Gasteiger partial charge in [0.25, 0.3) is 5.56 Å². The Labute approximate surface area is 182 Å². The fourth-order valence-corrected chi connectivity index (χ4v) is 5.85. The number of aryl methyl sites for hydroxylation is 1. The zero-order valence-electron chi connectivity index (χ0n) is 16.2. The molecule has 10 nitrogen and oxygen atoms in total. The Morgan fingerprint density at radius 3 is 3.00 bits per heavy atom. The van der Waals surface area contributed by atoms with Crippen molar-refractivity contribution in [3.05, 3.63) is 63.3 Å². The van der Waals surface area contributed by atoms with E-state index in [9.17, 15) is 9.35 Å². The first-order valence-electron chi connectivity index (χ1n) is 9.48. The van der Waals surface area contributed by atoms with E-state index in [0.29, 0.717) is 11.9 Å². The summed E-state index contributed by atoms with van der Waals surface area (Å²) in [6.45, 7) is 0.264. The summed E-state index contributed by atoms with van der Waals surface area (Å²) in [6.07, 6.45) is 4.15. The van der Waals surface area contributed by atoms with Crippen molar-refractivity contribution in [3.8, 4) is 0 Å². The molecule has 31 heavy (non-hydrogen) atoms. The molecule has 0 saturated heterocycles. The average molecular weight is 453 g/mol. The van der Waals surface area contributed by atoms with Crippen molar-refractivity contribution in [1.29, 1.82) is 0 Å². The van der Waals surface area contributed by atoms with Crippen LogP contribution in [-0.2, 0) is 31.6 Å². The molecule has 0 aliphatic carbocycles. The summed E-state index contributed by atoms with van der Waals surface area (Å²) in [5, 5.41) is 13.2. The Kier molecular flexibility index (Phi) is 4.06. The molecular weight excluding hydrogens is 436 g/mol. The van der Waals surface area contributed by atoms with E-state index in [-0.39, 0.29) is 12.1 Å². The summed E-state index contributed by atoms with van der Waals surface area (Å²) in [5.74, 6) is 0. The van der Waals surface area contributed by atoms with Crippen molar-refractivity contribution >= 4 is 55.5 Å². The van der Waals surface area contributed by atoms with Crippen LogP contribution in [-0.4, -0.2) is 34.1 Å². The SMILES string of the molecule is Cn1c2nc(Cc3cc[nH]n3)sc2c2cnn(Cc3cccc4c3N[S+]([O-])N4)c(=O)c21. The third kappa shape index (κ3) is 2.91. The molecular formula is C19H16N8O2S2. The lowest BCUT2D eigenvalue weighted by atomic mass is 10.1. The highest BCUT2D eigenvalue weighted by Crippen LogP contribution is 2.34. The second kappa shape index (κ2) is 6.83. The lowest BCUT2D eigenvalue weighted by Crippen LogP contribution is -2.25. The van der Waals surface area contributed by atoms with Gasteiger partial charge in [0.15, 0.2) is 17.2 Å². The molecule has 6 rings (SSSR count). The Balaban J connectivity index is 1.41. The van der Waals surface area contributed by atoms with E-state index in [2.05, 4.69) is 24.7 Å². The number of anilines is 2. The number of benzene rings is 1. The number of hydrogen-bond donors (Lipinski definition) is 3. The zero-order valence-corrected chi connectivity index (χ0v) is 17.9. The molecule has 0 spiro atoms.